The van der Waals surface area contributed by atoms with Gasteiger partial charge in [0.1, 0.15) is 16.2 Å². The summed E-state index contributed by atoms with van der Waals surface area (Å²) >= 11 is 11.5. The number of methoxy groups -OCH3 is 1. The van der Waals surface area contributed by atoms with Crippen LogP contribution in [0.4, 0.5) is 0 Å². The van der Waals surface area contributed by atoms with E-state index in [1.807, 2.05) is 25.1 Å². The number of aromatic amines is 1. The number of hydrogen-bond donors (Lipinski definition) is 1. The van der Waals surface area contributed by atoms with Gasteiger partial charge in [0.05, 0.1) is 17.8 Å². The summed E-state index contributed by atoms with van der Waals surface area (Å²) in [6.07, 6.45) is 0. The standard InChI is InChI=1S/C16H19ClN2OS/c1-9-13(10-6-7-11(17)12(8-10)20-5)18-15(16(2,3)4)19-14(9)21/h6-8H,1-5H3,(H,18,19,21). The number of nitrogens with zero attached hydrogens (tertiary/aromatic N) is 1. The number of benzene rings is 1. The van der Waals surface area contributed by atoms with Crippen molar-refractivity contribution in [1.29, 1.82) is 0 Å². The van der Waals surface area contributed by atoms with Gasteiger partial charge < -0.3 is 9.72 Å². The van der Waals surface area contributed by atoms with E-state index in [0.29, 0.717) is 15.4 Å². The molecule has 0 atom stereocenters. The van der Waals surface area contributed by atoms with Gasteiger partial charge in [0, 0.05) is 16.5 Å². The molecule has 0 fully saturated rings. The second-order valence-corrected chi connectivity index (χ2v) is 6.78. The number of aromatic nitrogens is 2. The van der Waals surface area contributed by atoms with Gasteiger partial charge >= 0.3 is 0 Å². The van der Waals surface area contributed by atoms with Crippen molar-refractivity contribution in [1.82, 2.24) is 9.97 Å². The topological polar surface area (TPSA) is 37.9 Å². The van der Waals surface area contributed by atoms with Crippen molar-refractivity contribution in [3.63, 3.8) is 0 Å². The highest BCUT2D eigenvalue weighted by Gasteiger charge is 2.19. The Morgan fingerprint density at radius 3 is 2.52 bits per heavy atom. The molecule has 0 spiro atoms. The summed E-state index contributed by atoms with van der Waals surface area (Å²) in [5.74, 6) is 1.50. The van der Waals surface area contributed by atoms with Crippen LogP contribution in [-0.4, -0.2) is 17.1 Å². The second-order valence-electron chi connectivity index (χ2n) is 5.99. The van der Waals surface area contributed by atoms with Gasteiger partial charge in [-0.1, -0.05) is 50.7 Å². The van der Waals surface area contributed by atoms with E-state index in [-0.39, 0.29) is 5.41 Å². The average Bonchev–Trinajstić information content (AvgIpc) is 2.41. The number of hydrogen-bond acceptors (Lipinski definition) is 3. The van der Waals surface area contributed by atoms with Crippen LogP contribution in [0.15, 0.2) is 18.2 Å². The molecule has 2 rings (SSSR count). The van der Waals surface area contributed by atoms with Crippen molar-refractivity contribution in [3.8, 4) is 17.0 Å². The molecule has 1 N–H and O–H groups in total. The number of rotatable bonds is 2. The quantitative estimate of drug-likeness (QED) is 0.784. The Bertz CT molecular complexity index is 732. The van der Waals surface area contributed by atoms with Gasteiger partial charge in [0.15, 0.2) is 0 Å². The van der Waals surface area contributed by atoms with E-state index in [1.165, 1.54) is 0 Å². The summed E-state index contributed by atoms with van der Waals surface area (Å²) in [5.41, 5.74) is 2.78. The molecule has 0 unspecified atom stereocenters. The van der Waals surface area contributed by atoms with Crippen LogP contribution in [0.25, 0.3) is 11.3 Å². The zero-order chi connectivity index (χ0) is 15.8. The molecular weight excluding hydrogens is 304 g/mol. The maximum atomic E-state index is 6.09. The largest absolute Gasteiger partial charge is 0.495 e. The summed E-state index contributed by atoms with van der Waals surface area (Å²) < 4.78 is 5.90. The third-order valence-corrected chi connectivity index (χ3v) is 4.01. The fourth-order valence-electron chi connectivity index (χ4n) is 1.99. The molecule has 1 aromatic carbocycles. The first kappa shape index (κ1) is 16.0. The van der Waals surface area contributed by atoms with Gasteiger partial charge in [-0.2, -0.15) is 0 Å². The molecule has 3 nitrogen and oxygen atoms in total. The van der Waals surface area contributed by atoms with Gasteiger partial charge in [0.2, 0.25) is 0 Å². The molecule has 0 aliphatic rings. The predicted molar refractivity (Wildman–Crippen MR) is 89.9 cm³/mol. The molecule has 0 saturated carbocycles. The molecule has 0 aliphatic carbocycles. The number of nitrogens with one attached hydrogen (secondary N) is 1. The van der Waals surface area contributed by atoms with Crippen molar-refractivity contribution < 1.29 is 4.74 Å². The number of ether oxygens (including phenoxy) is 1. The lowest BCUT2D eigenvalue weighted by atomic mass is 9.95. The van der Waals surface area contributed by atoms with E-state index in [0.717, 1.165) is 22.6 Å². The Morgan fingerprint density at radius 2 is 1.95 bits per heavy atom. The highest BCUT2D eigenvalue weighted by Crippen LogP contribution is 2.32. The average molecular weight is 323 g/mol. The van der Waals surface area contributed by atoms with Crippen LogP contribution in [0.5, 0.6) is 5.75 Å². The fraction of sp³-hybridized carbons (Fsp3) is 0.375. The van der Waals surface area contributed by atoms with E-state index >= 15 is 0 Å². The van der Waals surface area contributed by atoms with Crippen LogP contribution in [0.1, 0.15) is 32.2 Å². The molecule has 2 aromatic rings. The first-order valence-corrected chi connectivity index (χ1v) is 7.48. The molecular formula is C16H19ClN2OS. The van der Waals surface area contributed by atoms with Crippen LogP contribution >= 0.6 is 23.8 Å². The number of H-pyrrole nitrogens is 1. The SMILES string of the molecule is COc1cc(-c2[nH]c(C(C)(C)C)nc(=S)c2C)ccc1Cl. The van der Waals surface area contributed by atoms with Crippen LogP contribution in [0, 0.1) is 11.6 Å². The minimum absolute atomic E-state index is 0.105. The lowest BCUT2D eigenvalue weighted by Gasteiger charge is -2.20. The maximum absolute atomic E-state index is 6.09. The summed E-state index contributed by atoms with van der Waals surface area (Å²) in [6.45, 7) is 8.27. The third kappa shape index (κ3) is 3.27. The fourth-order valence-corrected chi connectivity index (χ4v) is 2.38. The molecule has 1 heterocycles. The van der Waals surface area contributed by atoms with E-state index in [9.17, 15) is 0 Å². The van der Waals surface area contributed by atoms with Crippen LogP contribution in [0.3, 0.4) is 0 Å². The zero-order valence-electron chi connectivity index (χ0n) is 12.9. The Hall–Kier alpha value is -1.39. The van der Waals surface area contributed by atoms with Gasteiger partial charge in [-0.05, 0) is 19.1 Å². The summed E-state index contributed by atoms with van der Waals surface area (Å²) in [6, 6.07) is 5.68. The van der Waals surface area contributed by atoms with Crippen LogP contribution < -0.4 is 4.74 Å². The monoisotopic (exact) mass is 322 g/mol. The van der Waals surface area contributed by atoms with Crippen molar-refractivity contribution in [2.75, 3.05) is 7.11 Å². The van der Waals surface area contributed by atoms with E-state index in [1.54, 1.807) is 7.11 Å². The molecule has 0 radical (unpaired) electrons. The third-order valence-electron chi connectivity index (χ3n) is 3.30. The molecule has 21 heavy (non-hydrogen) atoms. The van der Waals surface area contributed by atoms with E-state index in [4.69, 9.17) is 28.6 Å². The molecule has 112 valence electrons. The minimum Gasteiger partial charge on any atom is -0.495 e. The highest BCUT2D eigenvalue weighted by atomic mass is 35.5. The van der Waals surface area contributed by atoms with Crippen molar-refractivity contribution in [2.45, 2.75) is 33.1 Å². The lowest BCUT2D eigenvalue weighted by molar-refractivity contribution is 0.415. The number of halogens is 1. The molecule has 0 amide bonds. The Labute approximate surface area is 135 Å². The van der Waals surface area contributed by atoms with Gasteiger partial charge in [0.25, 0.3) is 0 Å². The zero-order valence-corrected chi connectivity index (χ0v) is 14.4. The van der Waals surface area contributed by atoms with Crippen molar-refractivity contribution in [2.24, 2.45) is 0 Å². The lowest BCUT2D eigenvalue weighted by Crippen LogP contribution is -2.17. The highest BCUT2D eigenvalue weighted by molar-refractivity contribution is 7.71. The molecule has 0 saturated heterocycles. The van der Waals surface area contributed by atoms with Crippen molar-refractivity contribution >= 4 is 23.8 Å². The van der Waals surface area contributed by atoms with Crippen LogP contribution in [-0.2, 0) is 5.41 Å². The first-order chi connectivity index (χ1) is 9.74. The smallest absolute Gasteiger partial charge is 0.138 e. The predicted octanol–water partition coefficient (Wildman–Crippen LogP) is 5.07. The van der Waals surface area contributed by atoms with Gasteiger partial charge in [-0.25, -0.2) is 4.98 Å². The maximum Gasteiger partial charge on any atom is 0.138 e. The Morgan fingerprint density at radius 1 is 1.29 bits per heavy atom. The Kier molecular flexibility index (Phi) is 4.40. The molecule has 0 bridgehead atoms. The summed E-state index contributed by atoms with van der Waals surface area (Å²) in [4.78, 5) is 7.90. The van der Waals surface area contributed by atoms with E-state index < -0.39 is 0 Å². The molecule has 1 aromatic heterocycles. The minimum atomic E-state index is -0.105. The normalized spacial score (nSPS) is 11.5. The van der Waals surface area contributed by atoms with Gasteiger partial charge in [-0.3, -0.25) is 0 Å². The van der Waals surface area contributed by atoms with E-state index in [2.05, 4.69) is 30.7 Å². The summed E-state index contributed by atoms with van der Waals surface area (Å²) in [7, 11) is 1.60. The van der Waals surface area contributed by atoms with Gasteiger partial charge in [-0.15, -0.1) is 0 Å². The Balaban J connectivity index is 2.69. The molecule has 5 heteroatoms. The van der Waals surface area contributed by atoms with Crippen LogP contribution in [0.2, 0.25) is 5.02 Å². The van der Waals surface area contributed by atoms with Crippen molar-refractivity contribution in [3.05, 3.63) is 39.3 Å². The molecule has 0 aliphatic heterocycles. The summed E-state index contributed by atoms with van der Waals surface area (Å²) in [5, 5.41) is 0.586. The first-order valence-electron chi connectivity index (χ1n) is 6.69. The second kappa shape index (κ2) is 5.78.